The highest BCUT2D eigenvalue weighted by Crippen LogP contribution is 2.21. The number of carbonyl (C=O) groups is 1. The third kappa shape index (κ3) is 4.73. The third-order valence-corrected chi connectivity index (χ3v) is 4.52. The molecule has 2 aromatic rings. The van der Waals surface area contributed by atoms with E-state index in [9.17, 15) is 4.79 Å². The molecular formula is C20H25N3O2. The zero-order valence-corrected chi connectivity index (χ0v) is 14.9. The highest BCUT2D eigenvalue weighted by molar-refractivity contribution is 5.79. The van der Waals surface area contributed by atoms with E-state index in [0.717, 1.165) is 48.9 Å². The summed E-state index contributed by atoms with van der Waals surface area (Å²) in [5.41, 5.74) is 3.00. The lowest BCUT2D eigenvalue weighted by Gasteiger charge is -2.32. The Balaban J connectivity index is 1.57. The lowest BCUT2D eigenvalue weighted by atomic mass is 10.1. The number of ether oxygens (including phenoxy) is 1. The maximum atomic E-state index is 12.4. The minimum Gasteiger partial charge on any atom is -0.497 e. The molecule has 25 heavy (non-hydrogen) atoms. The van der Waals surface area contributed by atoms with Gasteiger partial charge >= 0.3 is 0 Å². The lowest BCUT2D eigenvalue weighted by molar-refractivity contribution is -0.132. The molecule has 0 atom stereocenters. The van der Waals surface area contributed by atoms with Crippen molar-refractivity contribution in [2.24, 2.45) is 0 Å². The molecule has 3 rings (SSSR count). The van der Waals surface area contributed by atoms with E-state index in [1.165, 1.54) is 0 Å². The first-order chi connectivity index (χ1) is 12.1. The first-order valence-electron chi connectivity index (χ1n) is 8.60. The quantitative estimate of drug-likeness (QED) is 0.910. The maximum absolute atomic E-state index is 12.4. The summed E-state index contributed by atoms with van der Waals surface area (Å²) in [5, 5.41) is 3.35. The fourth-order valence-electron chi connectivity index (χ4n) is 2.92. The molecule has 0 saturated carbocycles. The number of likely N-dealkylation sites (N-methyl/N-ethyl adjacent to an activating group) is 1. The summed E-state index contributed by atoms with van der Waals surface area (Å²) >= 11 is 0. The number of hydrogen-bond acceptors (Lipinski definition) is 4. The number of methoxy groups -OCH3 is 1. The van der Waals surface area contributed by atoms with Crippen molar-refractivity contribution in [3.8, 4) is 5.75 Å². The van der Waals surface area contributed by atoms with E-state index in [2.05, 4.69) is 17.3 Å². The van der Waals surface area contributed by atoms with Gasteiger partial charge in [-0.15, -0.1) is 0 Å². The van der Waals surface area contributed by atoms with Gasteiger partial charge in [0.25, 0.3) is 0 Å². The average Bonchev–Trinajstić information content (AvgIpc) is 2.64. The Morgan fingerprint density at radius 2 is 1.76 bits per heavy atom. The number of anilines is 2. The van der Waals surface area contributed by atoms with E-state index in [0.29, 0.717) is 6.42 Å². The van der Waals surface area contributed by atoms with Gasteiger partial charge in [-0.3, -0.25) is 4.79 Å². The highest BCUT2D eigenvalue weighted by atomic mass is 16.5. The molecule has 1 saturated heterocycles. The van der Waals surface area contributed by atoms with Gasteiger partial charge in [0, 0.05) is 43.6 Å². The minimum atomic E-state index is 0.210. The van der Waals surface area contributed by atoms with E-state index < -0.39 is 0 Å². The van der Waals surface area contributed by atoms with Gasteiger partial charge in [-0.2, -0.15) is 0 Å². The van der Waals surface area contributed by atoms with Crippen molar-refractivity contribution in [3.05, 3.63) is 54.1 Å². The molecule has 2 aromatic carbocycles. The lowest BCUT2D eigenvalue weighted by Crippen LogP contribution is -2.47. The average molecular weight is 339 g/mol. The number of piperazine rings is 1. The summed E-state index contributed by atoms with van der Waals surface area (Å²) < 4.78 is 5.23. The number of amides is 1. The van der Waals surface area contributed by atoms with E-state index >= 15 is 0 Å². The molecule has 1 aliphatic rings. The summed E-state index contributed by atoms with van der Waals surface area (Å²) in [6.07, 6.45) is 0.461. The van der Waals surface area contributed by atoms with Crippen LogP contribution in [0.3, 0.4) is 0 Å². The van der Waals surface area contributed by atoms with Crippen LogP contribution in [0.5, 0.6) is 5.75 Å². The molecule has 5 heteroatoms. The Hall–Kier alpha value is -2.53. The van der Waals surface area contributed by atoms with Crippen LogP contribution in [0.2, 0.25) is 0 Å². The van der Waals surface area contributed by atoms with Gasteiger partial charge in [-0.1, -0.05) is 18.2 Å². The molecule has 1 amide bonds. The largest absolute Gasteiger partial charge is 0.497 e. The predicted octanol–water partition coefficient (Wildman–Crippen LogP) is 2.76. The van der Waals surface area contributed by atoms with Crippen LogP contribution in [0.25, 0.3) is 0 Å². The van der Waals surface area contributed by atoms with E-state index in [4.69, 9.17) is 4.74 Å². The van der Waals surface area contributed by atoms with Gasteiger partial charge in [-0.25, -0.2) is 0 Å². The van der Waals surface area contributed by atoms with Crippen LogP contribution in [0.4, 0.5) is 11.4 Å². The van der Waals surface area contributed by atoms with Crippen molar-refractivity contribution >= 4 is 17.3 Å². The van der Waals surface area contributed by atoms with E-state index in [1.54, 1.807) is 7.11 Å². The Bertz CT molecular complexity index is 707. The second kappa shape index (κ2) is 8.03. The van der Waals surface area contributed by atoms with Crippen LogP contribution in [-0.2, 0) is 11.2 Å². The minimum absolute atomic E-state index is 0.210. The Morgan fingerprint density at radius 1 is 1.04 bits per heavy atom. The smallest absolute Gasteiger partial charge is 0.227 e. The zero-order valence-electron chi connectivity index (χ0n) is 14.9. The summed E-state index contributed by atoms with van der Waals surface area (Å²) in [5.74, 6) is 1.03. The van der Waals surface area contributed by atoms with Gasteiger partial charge in [0.05, 0.1) is 13.5 Å². The molecule has 0 unspecified atom stereocenters. The fraction of sp³-hybridized carbons (Fsp3) is 0.350. The number of benzene rings is 2. The molecule has 132 valence electrons. The normalized spacial score (nSPS) is 15.0. The number of rotatable bonds is 5. The van der Waals surface area contributed by atoms with Crippen molar-refractivity contribution < 1.29 is 9.53 Å². The van der Waals surface area contributed by atoms with Gasteiger partial charge < -0.3 is 19.9 Å². The maximum Gasteiger partial charge on any atom is 0.227 e. The Labute approximate surface area is 149 Å². The number of nitrogens with one attached hydrogen (secondary N) is 1. The molecule has 1 aliphatic heterocycles. The highest BCUT2D eigenvalue weighted by Gasteiger charge is 2.18. The van der Waals surface area contributed by atoms with E-state index in [-0.39, 0.29) is 5.91 Å². The number of nitrogens with zero attached hydrogens (tertiary/aromatic N) is 2. The molecule has 1 N–H and O–H groups in total. The molecule has 0 radical (unpaired) electrons. The summed E-state index contributed by atoms with van der Waals surface area (Å²) in [6, 6.07) is 15.8. The second-order valence-corrected chi connectivity index (χ2v) is 6.41. The van der Waals surface area contributed by atoms with Crippen LogP contribution < -0.4 is 10.1 Å². The van der Waals surface area contributed by atoms with Crippen molar-refractivity contribution in [2.75, 3.05) is 45.7 Å². The van der Waals surface area contributed by atoms with Gasteiger partial charge in [0.2, 0.25) is 5.91 Å². The monoisotopic (exact) mass is 339 g/mol. The van der Waals surface area contributed by atoms with Gasteiger partial charge in [0.15, 0.2) is 0 Å². The molecule has 0 aliphatic carbocycles. The molecule has 0 aromatic heterocycles. The topological polar surface area (TPSA) is 44.8 Å². The SMILES string of the molecule is COc1cccc(Nc2ccc(CC(=O)N3CCN(C)CC3)cc2)c1. The molecule has 1 fully saturated rings. The first-order valence-corrected chi connectivity index (χ1v) is 8.60. The van der Waals surface area contributed by atoms with Crippen molar-refractivity contribution in [3.63, 3.8) is 0 Å². The molecule has 5 nitrogen and oxygen atoms in total. The molecule has 1 heterocycles. The van der Waals surface area contributed by atoms with Gasteiger partial charge in [-0.05, 0) is 36.9 Å². The number of hydrogen-bond donors (Lipinski definition) is 1. The van der Waals surface area contributed by atoms with Crippen LogP contribution in [0.1, 0.15) is 5.56 Å². The summed E-state index contributed by atoms with van der Waals surface area (Å²) in [7, 11) is 3.75. The van der Waals surface area contributed by atoms with Crippen LogP contribution in [-0.4, -0.2) is 56.0 Å². The van der Waals surface area contributed by atoms with Crippen molar-refractivity contribution in [1.29, 1.82) is 0 Å². The first kappa shape index (κ1) is 17.3. The van der Waals surface area contributed by atoms with Crippen LogP contribution in [0, 0.1) is 0 Å². The summed E-state index contributed by atoms with van der Waals surface area (Å²) in [6.45, 7) is 3.56. The zero-order chi connectivity index (χ0) is 17.6. The standard InChI is InChI=1S/C20H25N3O2/c1-22-10-12-23(13-11-22)20(24)14-16-6-8-17(9-7-16)21-18-4-3-5-19(15-18)25-2/h3-9,15,21H,10-14H2,1-2H3. The second-order valence-electron chi connectivity index (χ2n) is 6.41. The molecule has 0 spiro atoms. The Kier molecular flexibility index (Phi) is 5.56. The van der Waals surface area contributed by atoms with Crippen molar-refractivity contribution in [2.45, 2.75) is 6.42 Å². The molecule has 0 bridgehead atoms. The van der Waals surface area contributed by atoms with E-state index in [1.807, 2.05) is 53.4 Å². The van der Waals surface area contributed by atoms with Crippen molar-refractivity contribution in [1.82, 2.24) is 9.80 Å². The number of carbonyl (C=O) groups excluding carboxylic acids is 1. The van der Waals surface area contributed by atoms with Crippen LogP contribution in [0.15, 0.2) is 48.5 Å². The Morgan fingerprint density at radius 3 is 2.44 bits per heavy atom. The van der Waals surface area contributed by atoms with Crippen LogP contribution >= 0.6 is 0 Å². The third-order valence-electron chi connectivity index (χ3n) is 4.52. The predicted molar refractivity (Wildman–Crippen MR) is 100 cm³/mol. The molecular weight excluding hydrogens is 314 g/mol. The fourth-order valence-corrected chi connectivity index (χ4v) is 2.92. The van der Waals surface area contributed by atoms with Gasteiger partial charge in [0.1, 0.15) is 5.75 Å². The summed E-state index contributed by atoms with van der Waals surface area (Å²) in [4.78, 5) is 16.6.